The summed E-state index contributed by atoms with van der Waals surface area (Å²) in [6.07, 6.45) is 0.625. The molecule has 110 valence electrons. The minimum atomic E-state index is -0.266. The molecule has 0 aliphatic heterocycles. The summed E-state index contributed by atoms with van der Waals surface area (Å²) in [7, 11) is 0. The molecule has 5 heteroatoms. The van der Waals surface area contributed by atoms with Gasteiger partial charge in [0.05, 0.1) is 5.56 Å². The van der Waals surface area contributed by atoms with Gasteiger partial charge in [-0.2, -0.15) is 0 Å². The molecule has 0 fully saturated rings. The number of anilines is 1. The number of nitrogens with two attached hydrogens (primary N) is 1. The number of carbonyl (C=O) groups is 1. The summed E-state index contributed by atoms with van der Waals surface area (Å²) in [4.78, 5) is 12.2. The zero-order valence-electron chi connectivity index (χ0n) is 11.6. The molecular formula is C16H16BrFN2O. The molecule has 0 spiro atoms. The van der Waals surface area contributed by atoms with Crippen molar-refractivity contribution in [2.45, 2.75) is 19.4 Å². The Morgan fingerprint density at radius 2 is 1.95 bits per heavy atom. The molecule has 2 aromatic rings. The average Bonchev–Trinajstić information content (AvgIpc) is 2.44. The van der Waals surface area contributed by atoms with E-state index < -0.39 is 0 Å². The number of rotatable bonds is 4. The number of nitrogen functional groups attached to an aromatic ring is 1. The van der Waals surface area contributed by atoms with E-state index in [0.29, 0.717) is 17.7 Å². The predicted molar refractivity (Wildman–Crippen MR) is 85.6 cm³/mol. The minimum Gasteiger partial charge on any atom is -0.398 e. The van der Waals surface area contributed by atoms with Crippen molar-refractivity contribution in [3.05, 3.63) is 63.9 Å². The smallest absolute Gasteiger partial charge is 0.253 e. The Morgan fingerprint density at radius 3 is 2.62 bits per heavy atom. The molecule has 0 radical (unpaired) electrons. The van der Waals surface area contributed by atoms with Crippen molar-refractivity contribution in [1.29, 1.82) is 0 Å². The Hall–Kier alpha value is -1.88. The van der Waals surface area contributed by atoms with Crippen molar-refractivity contribution < 1.29 is 9.18 Å². The van der Waals surface area contributed by atoms with Crippen LogP contribution in [0.1, 0.15) is 22.8 Å². The number of hydrogen-bond donors (Lipinski definition) is 2. The number of hydrogen-bond acceptors (Lipinski definition) is 2. The monoisotopic (exact) mass is 350 g/mol. The summed E-state index contributed by atoms with van der Waals surface area (Å²) in [5.41, 5.74) is 7.65. The van der Waals surface area contributed by atoms with Crippen LogP contribution in [0.2, 0.25) is 0 Å². The minimum absolute atomic E-state index is 0.0821. The highest BCUT2D eigenvalue weighted by Crippen LogP contribution is 2.18. The van der Waals surface area contributed by atoms with Crippen LogP contribution < -0.4 is 11.1 Å². The fourth-order valence-electron chi connectivity index (χ4n) is 2.05. The van der Waals surface area contributed by atoms with Gasteiger partial charge >= 0.3 is 0 Å². The topological polar surface area (TPSA) is 55.1 Å². The third-order valence-corrected chi connectivity index (χ3v) is 3.59. The van der Waals surface area contributed by atoms with Crippen molar-refractivity contribution in [1.82, 2.24) is 5.32 Å². The zero-order chi connectivity index (χ0) is 15.4. The van der Waals surface area contributed by atoms with Crippen LogP contribution in [-0.2, 0) is 6.42 Å². The highest BCUT2D eigenvalue weighted by atomic mass is 79.9. The van der Waals surface area contributed by atoms with E-state index in [1.807, 2.05) is 6.92 Å². The van der Waals surface area contributed by atoms with Crippen LogP contribution in [0, 0.1) is 5.82 Å². The van der Waals surface area contributed by atoms with E-state index in [-0.39, 0.29) is 17.8 Å². The van der Waals surface area contributed by atoms with Gasteiger partial charge in [-0.15, -0.1) is 0 Å². The van der Waals surface area contributed by atoms with Crippen molar-refractivity contribution in [2.24, 2.45) is 0 Å². The van der Waals surface area contributed by atoms with Gasteiger partial charge in [0, 0.05) is 16.2 Å². The lowest BCUT2D eigenvalue weighted by Gasteiger charge is -2.15. The largest absolute Gasteiger partial charge is 0.398 e. The maximum Gasteiger partial charge on any atom is 0.253 e. The Kier molecular flexibility index (Phi) is 4.96. The molecule has 0 aliphatic carbocycles. The van der Waals surface area contributed by atoms with Crippen LogP contribution in [0.5, 0.6) is 0 Å². The van der Waals surface area contributed by atoms with Gasteiger partial charge in [-0.25, -0.2) is 4.39 Å². The molecule has 21 heavy (non-hydrogen) atoms. The fourth-order valence-corrected chi connectivity index (χ4v) is 2.41. The molecule has 0 saturated heterocycles. The van der Waals surface area contributed by atoms with E-state index in [1.54, 1.807) is 30.3 Å². The van der Waals surface area contributed by atoms with Gasteiger partial charge in [0.15, 0.2) is 0 Å². The molecule has 1 atom stereocenters. The first-order valence-corrected chi connectivity index (χ1v) is 7.35. The van der Waals surface area contributed by atoms with Gasteiger partial charge < -0.3 is 11.1 Å². The van der Waals surface area contributed by atoms with Crippen molar-refractivity contribution >= 4 is 27.5 Å². The normalized spacial score (nSPS) is 12.0. The standard InChI is InChI=1S/C16H16BrFN2O/c1-10(8-11-2-5-13(18)6-3-11)20-16(21)14-9-12(17)4-7-15(14)19/h2-7,9-10H,8,19H2,1H3,(H,20,21). The van der Waals surface area contributed by atoms with Crippen LogP contribution >= 0.6 is 15.9 Å². The van der Waals surface area contributed by atoms with Gasteiger partial charge in [-0.05, 0) is 49.2 Å². The highest BCUT2D eigenvalue weighted by Gasteiger charge is 2.13. The summed E-state index contributed by atoms with van der Waals surface area (Å²) in [6, 6.07) is 11.3. The van der Waals surface area contributed by atoms with Crippen molar-refractivity contribution in [3.8, 4) is 0 Å². The Bertz CT molecular complexity index is 643. The first kappa shape index (κ1) is 15.5. The van der Waals surface area contributed by atoms with Gasteiger partial charge in [0.2, 0.25) is 0 Å². The zero-order valence-corrected chi connectivity index (χ0v) is 13.2. The summed E-state index contributed by atoms with van der Waals surface area (Å²) in [5.74, 6) is -0.485. The Balaban J connectivity index is 2.01. The molecule has 3 N–H and O–H groups in total. The predicted octanol–water partition coefficient (Wildman–Crippen LogP) is 3.53. The quantitative estimate of drug-likeness (QED) is 0.828. The van der Waals surface area contributed by atoms with E-state index >= 15 is 0 Å². The molecule has 0 aromatic heterocycles. The Morgan fingerprint density at radius 1 is 1.29 bits per heavy atom. The summed E-state index contributed by atoms with van der Waals surface area (Å²) >= 11 is 3.32. The van der Waals surface area contributed by atoms with Crippen molar-refractivity contribution in [3.63, 3.8) is 0 Å². The van der Waals surface area contributed by atoms with Crippen LogP contribution in [0.25, 0.3) is 0 Å². The molecule has 2 rings (SSSR count). The highest BCUT2D eigenvalue weighted by molar-refractivity contribution is 9.10. The molecule has 1 unspecified atom stereocenters. The summed E-state index contributed by atoms with van der Waals surface area (Å²) in [6.45, 7) is 1.90. The van der Waals surface area contributed by atoms with Crippen LogP contribution in [-0.4, -0.2) is 11.9 Å². The lowest BCUT2D eigenvalue weighted by atomic mass is 10.1. The van der Waals surface area contributed by atoms with Gasteiger partial charge in [-0.1, -0.05) is 28.1 Å². The van der Waals surface area contributed by atoms with Crippen LogP contribution in [0.15, 0.2) is 46.9 Å². The molecule has 0 saturated carbocycles. The van der Waals surface area contributed by atoms with Crippen LogP contribution in [0.4, 0.5) is 10.1 Å². The third kappa shape index (κ3) is 4.29. The van der Waals surface area contributed by atoms with Crippen LogP contribution in [0.3, 0.4) is 0 Å². The van der Waals surface area contributed by atoms with Crippen molar-refractivity contribution in [2.75, 3.05) is 5.73 Å². The maximum atomic E-state index is 12.8. The Labute approximate surface area is 131 Å². The number of benzene rings is 2. The summed E-state index contributed by atoms with van der Waals surface area (Å²) < 4.78 is 13.6. The van der Waals surface area contributed by atoms with Gasteiger partial charge in [0.25, 0.3) is 5.91 Å². The second kappa shape index (κ2) is 6.72. The molecule has 0 bridgehead atoms. The third-order valence-electron chi connectivity index (χ3n) is 3.09. The van der Waals surface area contributed by atoms with E-state index in [0.717, 1.165) is 10.0 Å². The maximum absolute atomic E-state index is 12.8. The molecule has 0 heterocycles. The molecular weight excluding hydrogens is 335 g/mol. The lowest BCUT2D eigenvalue weighted by Crippen LogP contribution is -2.34. The second-order valence-electron chi connectivity index (χ2n) is 4.94. The van der Waals surface area contributed by atoms with Gasteiger partial charge in [0.1, 0.15) is 5.82 Å². The summed E-state index contributed by atoms with van der Waals surface area (Å²) in [5, 5.41) is 2.89. The first-order chi connectivity index (χ1) is 9.95. The second-order valence-corrected chi connectivity index (χ2v) is 5.85. The lowest BCUT2D eigenvalue weighted by molar-refractivity contribution is 0.0941. The van der Waals surface area contributed by atoms with E-state index in [1.165, 1.54) is 12.1 Å². The molecule has 1 amide bonds. The molecule has 2 aromatic carbocycles. The number of amides is 1. The SMILES string of the molecule is CC(Cc1ccc(F)cc1)NC(=O)c1cc(Br)ccc1N. The number of nitrogens with one attached hydrogen (secondary N) is 1. The molecule has 0 aliphatic rings. The fraction of sp³-hybridized carbons (Fsp3) is 0.188. The van der Waals surface area contributed by atoms with E-state index in [4.69, 9.17) is 5.73 Å². The van der Waals surface area contributed by atoms with Gasteiger partial charge in [-0.3, -0.25) is 4.79 Å². The number of carbonyl (C=O) groups excluding carboxylic acids is 1. The van der Waals surface area contributed by atoms with E-state index in [9.17, 15) is 9.18 Å². The number of halogens is 2. The first-order valence-electron chi connectivity index (χ1n) is 6.56. The van der Waals surface area contributed by atoms with E-state index in [2.05, 4.69) is 21.2 Å². The molecule has 3 nitrogen and oxygen atoms in total. The average molecular weight is 351 g/mol.